The topological polar surface area (TPSA) is 86.7 Å². The van der Waals surface area contributed by atoms with Crippen LogP contribution in [-0.2, 0) is 16.6 Å². The average molecular weight is 549 g/mol. The summed E-state index contributed by atoms with van der Waals surface area (Å²) in [6.45, 7) is 5.21. The van der Waals surface area contributed by atoms with Gasteiger partial charge >= 0.3 is 15.5 Å². The lowest BCUT2D eigenvalue weighted by Crippen LogP contribution is -2.47. The number of rotatable bonds is 6. The van der Waals surface area contributed by atoms with E-state index in [-0.39, 0.29) is 43.0 Å². The number of pyridine rings is 1. The van der Waals surface area contributed by atoms with Gasteiger partial charge < -0.3 is 10.6 Å². The van der Waals surface area contributed by atoms with Gasteiger partial charge in [-0.1, -0.05) is 6.07 Å². The van der Waals surface area contributed by atoms with Crippen LogP contribution < -0.4 is 10.6 Å². The lowest BCUT2D eigenvalue weighted by atomic mass is 9.98. The summed E-state index contributed by atoms with van der Waals surface area (Å²) in [6.07, 6.45) is 2.43. The lowest BCUT2D eigenvalue weighted by Gasteiger charge is -2.31. The normalized spacial score (nSPS) is 16.9. The maximum absolute atomic E-state index is 12.6. The monoisotopic (exact) mass is 549 g/mol. The van der Waals surface area contributed by atoms with Crippen molar-refractivity contribution >= 4 is 40.0 Å². The van der Waals surface area contributed by atoms with Crippen molar-refractivity contribution in [1.82, 2.24) is 19.9 Å². The highest BCUT2D eigenvalue weighted by molar-refractivity contribution is 14.0. The van der Waals surface area contributed by atoms with Crippen LogP contribution in [0.5, 0.6) is 0 Å². The van der Waals surface area contributed by atoms with E-state index in [0.717, 1.165) is 11.3 Å². The van der Waals surface area contributed by atoms with E-state index in [1.165, 1.54) is 0 Å². The molecule has 1 aliphatic heterocycles. The Morgan fingerprint density at radius 2 is 1.97 bits per heavy atom. The molecule has 0 atom stereocenters. The average Bonchev–Trinajstić information content (AvgIpc) is 2.64. The van der Waals surface area contributed by atoms with Crippen molar-refractivity contribution in [1.29, 1.82) is 0 Å². The molecule has 29 heavy (non-hydrogen) atoms. The van der Waals surface area contributed by atoms with Gasteiger partial charge in [-0.2, -0.15) is 17.5 Å². The molecule has 0 spiro atoms. The SMILES string of the molecule is CCNC(=NCc1ncccc1C)NCC1CCN(S(=O)(=O)C(F)(F)F)CC1.I. The fourth-order valence-electron chi connectivity index (χ4n) is 2.92. The van der Waals surface area contributed by atoms with Crippen molar-refractivity contribution < 1.29 is 21.6 Å². The van der Waals surface area contributed by atoms with E-state index in [2.05, 4.69) is 20.6 Å². The van der Waals surface area contributed by atoms with Gasteiger partial charge in [0.05, 0.1) is 12.2 Å². The number of piperidine rings is 1. The Labute approximate surface area is 186 Å². The van der Waals surface area contributed by atoms with Crippen molar-refractivity contribution in [3.05, 3.63) is 29.6 Å². The Morgan fingerprint density at radius 1 is 1.31 bits per heavy atom. The summed E-state index contributed by atoms with van der Waals surface area (Å²) in [6, 6.07) is 3.82. The van der Waals surface area contributed by atoms with Crippen LogP contribution in [0.25, 0.3) is 0 Å². The molecule has 7 nitrogen and oxygen atoms in total. The van der Waals surface area contributed by atoms with Crippen LogP contribution in [0.3, 0.4) is 0 Å². The van der Waals surface area contributed by atoms with E-state index < -0.39 is 15.5 Å². The second-order valence-corrected chi connectivity index (χ2v) is 8.57. The highest BCUT2D eigenvalue weighted by Crippen LogP contribution is 2.30. The van der Waals surface area contributed by atoms with E-state index in [9.17, 15) is 21.6 Å². The van der Waals surface area contributed by atoms with Gasteiger partial charge in [0, 0.05) is 32.4 Å². The van der Waals surface area contributed by atoms with E-state index in [1.807, 2.05) is 26.0 Å². The first-order valence-electron chi connectivity index (χ1n) is 9.14. The minimum Gasteiger partial charge on any atom is -0.357 e. The van der Waals surface area contributed by atoms with Crippen LogP contribution in [0.15, 0.2) is 23.3 Å². The molecule has 0 unspecified atom stereocenters. The van der Waals surface area contributed by atoms with Crippen LogP contribution in [0.2, 0.25) is 0 Å². The van der Waals surface area contributed by atoms with Gasteiger partial charge in [-0.05, 0) is 44.2 Å². The number of nitrogens with one attached hydrogen (secondary N) is 2. The Bertz CT molecular complexity index is 782. The predicted octanol–water partition coefficient (Wildman–Crippen LogP) is 2.62. The van der Waals surface area contributed by atoms with Crippen molar-refractivity contribution in [2.75, 3.05) is 26.2 Å². The maximum atomic E-state index is 12.6. The largest absolute Gasteiger partial charge is 0.511 e. The van der Waals surface area contributed by atoms with E-state index in [4.69, 9.17) is 0 Å². The van der Waals surface area contributed by atoms with Gasteiger partial charge in [-0.3, -0.25) is 4.98 Å². The molecule has 0 aromatic carbocycles. The third-order valence-electron chi connectivity index (χ3n) is 4.61. The molecule has 2 heterocycles. The standard InChI is InChI=1S/C17H26F3N5O2S.HI/c1-3-21-16(24-12-15-13(2)5-4-8-22-15)23-11-14-6-9-25(10-7-14)28(26,27)17(18,19)20;/h4-5,8,14H,3,6-7,9-12H2,1-2H3,(H2,21,23,24);1H. The molecule has 1 aromatic heterocycles. The van der Waals surface area contributed by atoms with E-state index in [1.54, 1.807) is 6.20 Å². The van der Waals surface area contributed by atoms with Gasteiger partial charge in [0.1, 0.15) is 0 Å². The second-order valence-electron chi connectivity index (χ2n) is 6.64. The van der Waals surface area contributed by atoms with Crippen LogP contribution in [0.4, 0.5) is 13.2 Å². The third kappa shape index (κ3) is 7.24. The highest BCUT2D eigenvalue weighted by Gasteiger charge is 2.50. The van der Waals surface area contributed by atoms with Crippen molar-refractivity contribution in [3.63, 3.8) is 0 Å². The van der Waals surface area contributed by atoms with Crippen LogP contribution in [0, 0.1) is 12.8 Å². The number of aromatic nitrogens is 1. The van der Waals surface area contributed by atoms with Crippen LogP contribution in [-0.4, -0.2) is 55.4 Å². The molecule has 0 saturated carbocycles. The fraction of sp³-hybridized carbons (Fsp3) is 0.647. The summed E-state index contributed by atoms with van der Waals surface area (Å²) in [7, 11) is -5.24. The molecule has 0 aliphatic carbocycles. The summed E-state index contributed by atoms with van der Waals surface area (Å²) >= 11 is 0. The first kappa shape index (κ1) is 25.9. The first-order valence-corrected chi connectivity index (χ1v) is 10.6. The molecule has 1 fully saturated rings. The molecule has 1 aliphatic rings. The summed E-state index contributed by atoms with van der Waals surface area (Å²) in [5.74, 6) is 0.665. The molecule has 0 radical (unpaired) electrons. The Balaban J connectivity index is 0.00000420. The molecule has 2 rings (SSSR count). The number of alkyl halides is 3. The molecule has 2 N–H and O–H groups in total. The van der Waals surface area contributed by atoms with Gasteiger partial charge in [-0.25, -0.2) is 13.4 Å². The number of halogens is 4. The molecule has 0 amide bonds. The summed E-state index contributed by atoms with van der Waals surface area (Å²) < 4.78 is 61.4. The number of sulfonamides is 1. The van der Waals surface area contributed by atoms with E-state index >= 15 is 0 Å². The number of guanidine groups is 1. The minimum atomic E-state index is -5.24. The number of aryl methyl sites for hydroxylation is 1. The number of hydrogen-bond donors (Lipinski definition) is 2. The quantitative estimate of drug-likeness (QED) is 0.324. The van der Waals surface area contributed by atoms with Crippen molar-refractivity contribution in [3.8, 4) is 0 Å². The molecular formula is C17H27F3IN5O2S. The van der Waals surface area contributed by atoms with Gasteiger partial charge in [0.2, 0.25) is 0 Å². The van der Waals surface area contributed by atoms with Gasteiger partial charge in [0.25, 0.3) is 0 Å². The van der Waals surface area contributed by atoms with E-state index in [0.29, 0.717) is 42.7 Å². The van der Waals surface area contributed by atoms with Crippen LogP contribution in [0.1, 0.15) is 31.0 Å². The zero-order valence-electron chi connectivity index (χ0n) is 16.4. The summed E-state index contributed by atoms with van der Waals surface area (Å²) in [5, 5.41) is 6.31. The fourth-order valence-corrected chi connectivity index (χ4v) is 3.91. The van der Waals surface area contributed by atoms with Crippen LogP contribution >= 0.6 is 24.0 Å². The van der Waals surface area contributed by atoms with Gasteiger partial charge in [-0.15, -0.1) is 24.0 Å². The zero-order chi connectivity index (χ0) is 20.8. The van der Waals surface area contributed by atoms with Crippen molar-refractivity contribution in [2.45, 2.75) is 38.7 Å². The summed E-state index contributed by atoms with van der Waals surface area (Å²) in [5.41, 5.74) is -3.34. The molecule has 0 bridgehead atoms. The smallest absolute Gasteiger partial charge is 0.357 e. The minimum absolute atomic E-state index is 0. The number of hydrogen-bond acceptors (Lipinski definition) is 4. The lowest BCUT2D eigenvalue weighted by molar-refractivity contribution is -0.0496. The molecular weight excluding hydrogens is 522 g/mol. The number of aliphatic imine (C=N–C) groups is 1. The molecule has 12 heteroatoms. The Hall–Kier alpha value is -1.15. The Morgan fingerprint density at radius 3 is 2.52 bits per heavy atom. The third-order valence-corrected chi connectivity index (χ3v) is 6.24. The second kappa shape index (κ2) is 11.3. The summed E-state index contributed by atoms with van der Waals surface area (Å²) in [4.78, 5) is 8.79. The molecule has 1 aromatic rings. The van der Waals surface area contributed by atoms with Crippen molar-refractivity contribution in [2.24, 2.45) is 10.9 Å². The number of nitrogens with zero attached hydrogens (tertiary/aromatic N) is 3. The van der Waals surface area contributed by atoms with Gasteiger partial charge in [0.15, 0.2) is 5.96 Å². The predicted molar refractivity (Wildman–Crippen MR) is 116 cm³/mol. The zero-order valence-corrected chi connectivity index (χ0v) is 19.5. The molecule has 1 saturated heterocycles. The molecule has 166 valence electrons. The maximum Gasteiger partial charge on any atom is 0.511 e. The Kier molecular flexibility index (Phi) is 10.1. The highest BCUT2D eigenvalue weighted by atomic mass is 127. The first-order chi connectivity index (χ1) is 13.1.